The summed E-state index contributed by atoms with van der Waals surface area (Å²) >= 11 is 0. The smallest absolute Gasteiger partial charge is 0.188 e. The van der Waals surface area contributed by atoms with Gasteiger partial charge in [0.25, 0.3) is 0 Å². The zero-order valence-corrected chi connectivity index (χ0v) is 12.9. The minimum atomic E-state index is 0. The van der Waals surface area contributed by atoms with Gasteiger partial charge in [0.1, 0.15) is 0 Å². The van der Waals surface area contributed by atoms with E-state index < -0.39 is 0 Å². The van der Waals surface area contributed by atoms with Crippen LogP contribution in [0.5, 0.6) is 0 Å². The first-order valence-corrected chi connectivity index (χ1v) is 6.97. The van der Waals surface area contributed by atoms with Crippen molar-refractivity contribution in [2.45, 2.75) is 44.1 Å². The van der Waals surface area contributed by atoms with E-state index in [9.17, 15) is 0 Å². The first-order chi connectivity index (χ1) is 8.83. The van der Waals surface area contributed by atoms with Gasteiger partial charge in [0, 0.05) is 18.5 Å². The number of rotatable bonds is 3. The van der Waals surface area contributed by atoms with Crippen molar-refractivity contribution in [1.29, 1.82) is 0 Å². The third-order valence-electron chi connectivity index (χ3n) is 3.90. The number of hydrogen-bond acceptors (Lipinski definition) is 1. The van der Waals surface area contributed by atoms with Gasteiger partial charge in [-0.05, 0) is 43.2 Å². The molecule has 3 N–H and O–H groups in total. The molecule has 3 nitrogen and oxygen atoms in total. The second-order valence-corrected chi connectivity index (χ2v) is 5.43. The molecule has 1 aromatic rings. The molecule has 104 valence electrons. The van der Waals surface area contributed by atoms with E-state index in [0.29, 0.717) is 17.9 Å². The van der Waals surface area contributed by atoms with Crippen molar-refractivity contribution in [3.8, 4) is 0 Å². The molecule has 2 aliphatic carbocycles. The summed E-state index contributed by atoms with van der Waals surface area (Å²) in [7, 11) is 0. The molecule has 3 rings (SSSR count). The Kier molecular flexibility index (Phi) is 4.86. The molecular formula is C15H22BrN3. The number of fused-ring (bicyclic) bond motifs is 1. The molecule has 4 heteroatoms. The maximum absolute atomic E-state index is 5.89. The van der Waals surface area contributed by atoms with Crippen molar-refractivity contribution in [2.24, 2.45) is 10.7 Å². The van der Waals surface area contributed by atoms with Crippen molar-refractivity contribution in [3.05, 3.63) is 35.4 Å². The molecule has 1 saturated carbocycles. The predicted molar refractivity (Wildman–Crippen MR) is 85.1 cm³/mol. The molecule has 0 aromatic heterocycles. The monoisotopic (exact) mass is 323 g/mol. The largest absolute Gasteiger partial charge is 0.370 e. The normalized spacial score (nSPS) is 22.3. The van der Waals surface area contributed by atoms with Crippen molar-refractivity contribution in [1.82, 2.24) is 5.32 Å². The summed E-state index contributed by atoms with van der Waals surface area (Å²) in [5.41, 5.74) is 8.87. The Morgan fingerprint density at radius 3 is 2.84 bits per heavy atom. The Morgan fingerprint density at radius 2 is 2.05 bits per heavy atom. The number of nitrogens with two attached hydrogens (primary N) is 1. The SMILES string of the molecule is Br.NC(=NCC1CCCc2ccccc21)NC1CC1. The first-order valence-electron chi connectivity index (χ1n) is 6.97. The fourth-order valence-corrected chi connectivity index (χ4v) is 2.74. The maximum Gasteiger partial charge on any atom is 0.188 e. The van der Waals surface area contributed by atoms with Gasteiger partial charge in [-0.15, -0.1) is 17.0 Å². The van der Waals surface area contributed by atoms with Gasteiger partial charge < -0.3 is 11.1 Å². The molecule has 1 aromatic carbocycles. The summed E-state index contributed by atoms with van der Waals surface area (Å²) < 4.78 is 0. The Morgan fingerprint density at radius 1 is 1.26 bits per heavy atom. The summed E-state index contributed by atoms with van der Waals surface area (Å²) in [5.74, 6) is 1.18. The summed E-state index contributed by atoms with van der Waals surface area (Å²) in [6.45, 7) is 0.822. The van der Waals surface area contributed by atoms with Crippen molar-refractivity contribution in [2.75, 3.05) is 6.54 Å². The number of nitrogens with one attached hydrogen (secondary N) is 1. The zero-order valence-electron chi connectivity index (χ0n) is 11.1. The quantitative estimate of drug-likeness (QED) is 0.663. The third-order valence-corrected chi connectivity index (χ3v) is 3.90. The highest BCUT2D eigenvalue weighted by Crippen LogP contribution is 2.31. The molecular weight excluding hydrogens is 302 g/mol. The highest BCUT2D eigenvalue weighted by atomic mass is 79.9. The van der Waals surface area contributed by atoms with Crippen LogP contribution in [0, 0.1) is 0 Å². The molecule has 1 atom stereocenters. The van der Waals surface area contributed by atoms with Gasteiger partial charge in [-0.1, -0.05) is 24.3 Å². The van der Waals surface area contributed by atoms with Crippen molar-refractivity contribution < 1.29 is 0 Å². The van der Waals surface area contributed by atoms with Gasteiger partial charge in [0.15, 0.2) is 5.96 Å². The zero-order chi connectivity index (χ0) is 12.4. The maximum atomic E-state index is 5.89. The van der Waals surface area contributed by atoms with Crippen LogP contribution in [0.15, 0.2) is 29.3 Å². The molecule has 0 heterocycles. The molecule has 0 radical (unpaired) electrons. The lowest BCUT2D eigenvalue weighted by Crippen LogP contribution is -2.33. The standard InChI is InChI=1S/C15H21N3.BrH/c16-15(18-13-8-9-13)17-10-12-6-3-5-11-4-1-2-7-14(11)12;/h1-2,4,7,12-13H,3,5-6,8-10H2,(H3,16,17,18);1H. The number of aliphatic imine (C=N–C) groups is 1. The average molecular weight is 324 g/mol. The average Bonchev–Trinajstić information content (AvgIpc) is 3.20. The second kappa shape index (κ2) is 6.42. The van der Waals surface area contributed by atoms with Crippen LogP contribution in [0.1, 0.15) is 42.7 Å². The van der Waals surface area contributed by atoms with Gasteiger partial charge in [-0.3, -0.25) is 4.99 Å². The highest BCUT2D eigenvalue weighted by molar-refractivity contribution is 8.93. The third kappa shape index (κ3) is 3.72. The molecule has 0 bridgehead atoms. The van der Waals surface area contributed by atoms with E-state index in [2.05, 4.69) is 34.6 Å². The van der Waals surface area contributed by atoms with Crippen LogP contribution >= 0.6 is 17.0 Å². The Labute approximate surface area is 125 Å². The van der Waals surface area contributed by atoms with Crippen LogP contribution in [0.3, 0.4) is 0 Å². The number of nitrogens with zero attached hydrogens (tertiary/aromatic N) is 1. The fraction of sp³-hybridized carbons (Fsp3) is 0.533. The number of halogens is 1. The number of hydrogen-bond donors (Lipinski definition) is 2. The van der Waals surface area contributed by atoms with Crippen LogP contribution < -0.4 is 11.1 Å². The molecule has 19 heavy (non-hydrogen) atoms. The van der Waals surface area contributed by atoms with Gasteiger partial charge in [-0.2, -0.15) is 0 Å². The van der Waals surface area contributed by atoms with Crippen LogP contribution in [0.4, 0.5) is 0 Å². The minimum absolute atomic E-state index is 0. The Hall–Kier alpha value is -1.03. The van der Waals surface area contributed by atoms with Crippen LogP contribution in [-0.2, 0) is 6.42 Å². The number of aryl methyl sites for hydroxylation is 1. The Balaban J connectivity index is 0.00000133. The summed E-state index contributed by atoms with van der Waals surface area (Å²) in [5, 5.41) is 3.25. The molecule has 0 saturated heterocycles. The van der Waals surface area contributed by atoms with Crippen molar-refractivity contribution >= 4 is 22.9 Å². The molecule has 2 aliphatic rings. The van der Waals surface area contributed by atoms with E-state index in [4.69, 9.17) is 5.73 Å². The summed E-state index contributed by atoms with van der Waals surface area (Å²) in [6.07, 6.45) is 6.20. The van der Waals surface area contributed by atoms with Gasteiger partial charge in [-0.25, -0.2) is 0 Å². The van der Waals surface area contributed by atoms with Crippen LogP contribution in [-0.4, -0.2) is 18.5 Å². The molecule has 0 amide bonds. The van der Waals surface area contributed by atoms with Gasteiger partial charge >= 0.3 is 0 Å². The van der Waals surface area contributed by atoms with E-state index in [0.717, 1.165) is 6.54 Å². The summed E-state index contributed by atoms with van der Waals surface area (Å²) in [4.78, 5) is 4.51. The van der Waals surface area contributed by atoms with E-state index in [1.165, 1.54) is 43.2 Å². The molecule has 1 fully saturated rings. The molecule has 0 spiro atoms. The Bertz CT molecular complexity index is 454. The molecule has 0 aliphatic heterocycles. The topological polar surface area (TPSA) is 50.4 Å². The van der Waals surface area contributed by atoms with E-state index >= 15 is 0 Å². The lowest BCUT2D eigenvalue weighted by molar-refractivity contribution is 0.560. The second-order valence-electron chi connectivity index (χ2n) is 5.43. The van der Waals surface area contributed by atoms with Crippen LogP contribution in [0.2, 0.25) is 0 Å². The minimum Gasteiger partial charge on any atom is -0.370 e. The van der Waals surface area contributed by atoms with E-state index in [1.807, 2.05) is 0 Å². The fourth-order valence-electron chi connectivity index (χ4n) is 2.74. The number of guanidine groups is 1. The molecule has 1 unspecified atom stereocenters. The van der Waals surface area contributed by atoms with E-state index in [-0.39, 0.29) is 17.0 Å². The van der Waals surface area contributed by atoms with Gasteiger partial charge in [0.2, 0.25) is 0 Å². The van der Waals surface area contributed by atoms with Gasteiger partial charge in [0.05, 0.1) is 0 Å². The number of benzene rings is 1. The van der Waals surface area contributed by atoms with E-state index in [1.54, 1.807) is 0 Å². The highest BCUT2D eigenvalue weighted by Gasteiger charge is 2.22. The predicted octanol–water partition coefficient (Wildman–Crippen LogP) is 2.75. The van der Waals surface area contributed by atoms with Crippen molar-refractivity contribution in [3.63, 3.8) is 0 Å². The lowest BCUT2D eigenvalue weighted by Gasteiger charge is -2.24. The first kappa shape index (κ1) is 14.4. The lowest BCUT2D eigenvalue weighted by atomic mass is 9.83. The summed E-state index contributed by atoms with van der Waals surface area (Å²) in [6, 6.07) is 9.35. The van der Waals surface area contributed by atoms with Crippen LogP contribution in [0.25, 0.3) is 0 Å².